The first kappa shape index (κ1) is 29.3. The molecule has 0 aliphatic carbocycles. The van der Waals surface area contributed by atoms with E-state index in [1.54, 1.807) is 57.5 Å². The SMILES string of the molecule is COc1cc(C=Nn2c(-c3cc(C(C)C)c(OC)cc3C)nc3ccccc3c2=O)ccc1OCC(=O)OC(C)C. The number of aromatic nitrogens is 2. The molecular formula is C32H35N3O6. The summed E-state index contributed by atoms with van der Waals surface area (Å²) in [6, 6.07) is 16.3. The molecule has 4 rings (SSSR count). The lowest BCUT2D eigenvalue weighted by Crippen LogP contribution is -2.21. The molecule has 0 saturated heterocycles. The molecule has 41 heavy (non-hydrogen) atoms. The molecule has 4 aromatic rings. The normalized spacial score (nSPS) is 11.4. The Labute approximate surface area is 239 Å². The Hall–Kier alpha value is -4.66. The number of esters is 1. The molecule has 0 N–H and O–H groups in total. The van der Waals surface area contributed by atoms with Crippen LogP contribution in [0.1, 0.15) is 50.3 Å². The fourth-order valence-corrected chi connectivity index (χ4v) is 4.41. The van der Waals surface area contributed by atoms with Gasteiger partial charge in [0.2, 0.25) is 0 Å². The number of ether oxygens (including phenoxy) is 4. The minimum absolute atomic E-state index is 0.189. The predicted molar refractivity (Wildman–Crippen MR) is 160 cm³/mol. The van der Waals surface area contributed by atoms with Crippen LogP contribution in [-0.4, -0.2) is 48.8 Å². The molecule has 0 saturated carbocycles. The topological polar surface area (TPSA) is 101 Å². The molecule has 3 aromatic carbocycles. The first-order valence-corrected chi connectivity index (χ1v) is 13.4. The monoisotopic (exact) mass is 557 g/mol. The number of fused-ring (bicyclic) bond motifs is 1. The van der Waals surface area contributed by atoms with Crippen LogP contribution >= 0.6 is 0 Å². The van der Waals surface area contributed by atoms with Crippen molar-refractivity contribution in [1.82, 2.24) is 9.66 Å². The van der Waals surface area contributed by atoms with Crippen molar-refractivity contribution in [2.45, 2.75) is 46.6 Å². The molecule has 0 fully saturated rings. The van der Waals surface area contributed by atoms with Crippen LogP contribution in [-0.2, 0) is 9.53 Å². The van der Waals surface area contributed by atoms with E-state index in [0.29, 0.717) is 33.8 Å². The molecule has 1 heterocycles. The van der Waals surface area contributed by atoms with E-state index >= 15 is 0 Å². The molecule has 0 bridgehead atoms. The number of carbonyl (C=O) groups excluding carboxylic acids is 1. The Morgan fingerprint density at radius 1 is 0.976 bits per heavy atom. The molecule has 0 aliphatic heterocycles. The van der Waals surface area contributed by atoms with Gasteiger partial charge in [0, 0.05) is 5.56 Å². The van der Waals surface area contributed by atoms with Crippen molar-refractivity contribution in [3.63, 3.8) is 0 Å². The van der Waals surface area contributed by atoms with E-state index in [1.807, 2.05) is 31.2 Å². The first-order valence-electron chi connectivity index (χ1n) is 13.4. The lowest BCUT2D eigenvalue weighted by atomic mass is 9.96. The maximum absolute atomic E-state index is 13.7. The third-order valence-corrected chi connectivity index (χ3v) is 6.42. The summed E-state index contributed by atoms with van der Waals surface area (Å²) in [4.78, 5) is 30.5. The van der Waals surface area contributed by atoms with Crippen LogP contribution in [0.15, 0.2) is 64.5 Å². The van der Waals surface area contributed by atoms with Crippen LogP contribution in [0.5, 0.6) is 17.2 Å². The highest BCUT2D eigenvalue weighted by molar-refractivity contribution is 5.83. The van der Waals surface area contributed by atoms with Crippen LogP contribution in [0.4, 0.5) is 0 Å². The van der Waals surface area contributed by atoms with Gasteiger partial charge in [-0.05, 0) is 85.8 Å². The van der Waals surface area contributed by atoms with Crippen molar-refractivity contribution in [3.05, 3.63) is 81.6 Å². The number of methoxy groups -OCH3 is 2. The van der Waals surface area contributed by atoms with Gasteiger partial charge in [0.05, 0.1) is 37.4 Å². The second-order valence-corrected chi connectivity index (χ2v) is 10.1. The molecule has 0 atom stereocenters. The zero-order chi connectivity index (χ0) is 29.7. The van der Waals surface area contributed by atoms with Gasteiger partial charge in [-0.25, -0.2) is 9.78 Å². The highest BCUT2D eigenvalue weighted by Gasteiger charge is 2.18. The molecule has 0 amide bonds. The Morgan fingerprint density at radius 2 is 1.71 bits per heavy atom. The van der Waals surface area contributed by atoms with Gasteiger partial charge in [0.25, 0.3) is 5.56 Å². The Morgan fingerprint density at radius 3 is 2.39 bits per heavy atom. The quantitative estimate of drug-likeness (QED) is 0.181. The van der Waals surface area contributed by atoms with Crippen molar-refractivity contribution >= 4 is 23.1 Å². The number of hydrogen-bond acceptors (Lipinski definition) is 8. The number of benzene rings is 3. The summed E-state index contributed by atoms with van der Waals surface area (Å²) in [6.45, 7) is 9.43. The summed E-state index contributed by atoms with van der Waals surface area (Å²) in [5.74, 6) is 1.70. The summed E-state index contributed by atoms with van der Waals surface area (Å²) in [7, 11) is 3.15. The van der Waals surface area contributed by atoms with Crippen LogP contribution in [0, 0.1) is 6.92 Å². The van der Waals surface area contributed by atoms with Crippen molar-refractivity contribution < 1.29 is 23.7 Å². The highest BCUT2D eigenvalue weighted by atomic mass is 16.6. The molecule has 0 radical (unpaired) electrons. The fraction of sp³-hybridized carbons (Fsp3) is 0.312. The smallest absolute Gasteiger partial charge is 0.344 e. The van der Waals surface area contributed by atoms with E-state index in [2.05, 4.69) is 18.9 Å². The molecule has 0 aliphatic rings. The van der Waals surface area contributed by atoms with Gasteiger partial charge >= 0.3 is 5.97 Å². The third kappa shape index (κ3) is 6.57. The summed E-state index contributed by atoms with van der Waals surface area (Å²) in [6.07, 6.45) is 1.33. The number of carbonyl (C=O) groups is 1. The van der Waals surface area contributed by atoms with Gasteiger partial charge in [0.1, 0.15) is 5.75 Å². The van der Waals surface area contributed by atoms with Crippen LogP contribution in [0.25, 0.3) is 22.3 Å². The summed E-state index contributed by atoms with van der Waals surface area (Å²) < 4.78 is 23.1. The lowest BCUT2D eigenvalue weighted by molar-refractivity contribution is -0.149. The van der Waals surface area contributed by atoms with Crippen molar-refractivity contribution in [1.29, 1.82) is 0 Å². The van der Waals surface area contributed by atoms with E-state index in [4.69, 9.17) is 23.9 Å². The summed E-state index contributed by atoms with van der Waals surface area (Å²) >= 11 is 0. The standard InChI is InChI=1S/C32H35N3O6/c1-19(2)24-16-25(21(5)14-28(24)38-6)31-34-26-11-9-8-10-23(26)32(37)35(31)33-17-22-12-13-27(29(15-22)39-7)40-18-30(36)41-20(3)4/h8-17,19-20H,18H2,1-7H3. The van der Waals surface area contributed by atoms with E-state index in [0.717, 1.165) is 22.4 Å². The largest absolute Gasteiger partial charge is 0.496 e. The minimum atomic E-state index is -0.474. The average molecular weight is 558 g/mol. The van der Waals surface area contributed by atoms with Gasteiger partial charge in [-0.1, -0.05) is 26.0 Å². The summed E-state index contributed by atoms with van der Waals surface area (Å²) in [5, 5.41) is 5.04. The van der Waals surface area contributed by atoms with E-state index < -0.39 is 5.97 Å². The minimum Gasteiger partial charge on any atom is -0.496 e. The fourth-order valence-electron chi connectivity index (χ4n) is 4.41. The Kier molecular flexibility index (Phi) is 9.07. The van der Waals surface area contributed by atoms with Gasteiger partial charge in [-0.3, -0.25) is 4.79 Å². The maximum Gasteiger partial charge on any atom is 0.344 e. The predicted octanol–water partition coefficient (Wildman–Crippen LogP) is 5.73. The Bertz CT molecular complexity index is 1660. The van der Waals surface area contributed by atoms with Crippen molar-refractivity contribution in [3.8, 4) is 28.6 Å². The molecule has 0 unspecified atom stereocenters. The Balaban J connectivity index is 1.78. The molecule has 1 aromatic heterocycles. The van der Waals surface area contributed by atoms with Crippen molar-refractivity contribution in [2.75, 3.05) is 20.8 Å². The average Bonchev–Trinajstić information content (AvgIpc) is 2.95. The summed E-state index contributed by atoms with van der Waals surface area (Å²) in [5.41, 5.74) is 3.63. The molecule has 0 spiro atoms. The van der Waals surface area contributed by atoms with E-state index in [-0.39, 0.29) is 24.2 Å². The van der Waals surface area contributed by atoms with Gasteiger partial charge in [-0.2, -0.15) is 9.78 Å². The van der Waals surface area contributed by atoms with Crippen LogP contribution < -0.4 is 19.8 Å². The number of aryl methyl sites for hydroxylation is 1. The molecular weight excluding hydrogens is 522 g/mol. The maximum atomic E-state index is 13.7. The number of para-hydroxylation sites is 1. The molecule has 9 heteroatoms. The van der Waals surface area contributed by atoms with Gasteiger partial charge < -0.3 is 18.9 Å². The van der Waals surface area contributed by atoms with E-state index in [1.165, 1.54) is 11.8 Å². The molecule has 9 nitrogen and oxygen atoms in total. The third-order valence-electron chi connectivity index (χ3n) is 6.42. The zero-order valence-corrected chi connectivity index (χ0v) is 24.4. The lowest BCUT2D eigenvalue weighted by Gasteiger charge is -2.17. The van der Waals surface area contributed by atoms with Gasteiger partial charge in [-0.15, -0.1) is 0 Å². The van der Waals surface area contributed by atoms with Crippen LogP contribution in [0.2, 0.25) is 0 Å². The van der Waals surface area contributed by atoms with E-state index in [9.17, 15) is 9.59 Å². The zero-order valence-electron chi connectivity index (χ0n) is 24.4. The second-order valence-electron chi connectivity index (χ2n) is 10.1. The highest BCUT2D eigenvalue weighted by Crippen LogP contribution is 2.34. The van der Waals surface area contributed by atoms with Crippen molar-refractivity contribution in [2.24, 2.45) is 5.10 Å². The number of rotatable bonds is 10. The first-order chi connectivity index (χ1) is 19.6. The van der Waals surface area contributed by atoms with Crippen LogP contribution in [0.3, 0.4) is 0 Å². The number of hydrogen-bond donors (Lipinski definition) is 0. The molecule has 214 valence electrons. The second kappa shape index (κ2) is 12.7. The van der Waals surface area contributed by atoms with Gasteiger partial charge in [0.15, 0.2) is 23.9 Å². The number of nitrogens with zero attached hydrogens (tertiary/aromatic N) is 3.